The van der Waals surface area contributed by atoms with Gasteiger partial charge < -0.3 is 4.90 Å². The van der Waals surface area contributed by atoms with Crippen molar-refractivity contribution in [1.82, 2.24) is 4.90 Å². The first kappa shape index (κ1) is 17.3. The Morgan fingerprint density at radius 2 is 1.96 bits per heavy atom. The van der Waals surface area contributed by atoms with Crippen LogP contribution in [0.5, 0.6) is 0 Å². The Morgan fingerprint density at radius 3 is 2.58 bits per heavy atom. The van der Waals surface area contributed by atoms with Crippen molar-refractivity contribution in [3.63, 3.8) is 0 Å². The van der Waals surface area contributed by atoms with E-state index in [1.165, 1.54) is 17.8 Å². The molecule has 3 rings (SSSR count). The van der Waals surface area contributed by atoms with Gasteiger partial charge in [0, 0.05) is 21.5 Å². The Labute approximate surface area is 151 Å². The number of hydrogen-bond acceptors (Lipinski definition) is 2. The van der Waals surface area contributed by atoms with E-state index in [2.05, 4.69) is 0 Å². The molecule has 2 nitrogen and oxygen atoms in total. The summed E-state index contributed by atoms with van der Waals surface area (Å²) in [5, 5.41) is 0.148. The van der Waals surface area contributed by atoms with Crippen LogP contribution in [0.2, 0.25) is 5.02 Å². The number of halogens is 2. The van der Waals surface area contributed by atoms with E-state index in [1.807, 2.05) is 37.3 Å². The normalized spacial score (nSPS) is 15.1. The summed E-state index contributed by atoms with van der Waals surface area (Å²) < 4.78 is 14.1. The molecule has 24 heavy (non-hydrogen) atoms. The molecule has 2 aromatic carbocycles. The predicted octanol–water partition coefficient (Wildman–Crippen LogP) is 5.15. The first-order valence-corrected chi connectivity index (χ1v) is 9.27. The van der Waals surface area contributed by atoms with Crippen LogP contribution >= 0.6 is 23.4 Å². The summed E-state index contributed by atoms with van der Waals surface area (Å²) >= 11 is 7.66. The molecule has 1 saturated carbocycles. The highest BCUT2D eigenvalue weighted by Crippen LogP contribution is 2.33. The zero-order valence-corrected chi connectivity index (χ0v) is 15.0. The zero-order valence-electron chi connectivity index (χ0n) is 13.4. The Kier molecular flexibility index (Phi) is 5.47. The van der Waals surface area contributed by atoms with Gasteiger partial charge in [0.1, 0.15) is 5.82 Å². The maximum absolute atomic E-state index is 14.1. The maximum Gasteiger partial charge on any atom is 0.236 e. The minimum atomic E-state index is -0.357. The molecule has 0 bridgehead atoms. The number of thioether (sulfide) groups is 1. The lowest BCUT2D eigenvalue weighted by molar-refractivity contribution is -0.131. The minimum Gasteiger partial charge on any atom is -0.334 e. The average molecular weight is 364 g/mol. The van der Waals surface area contributed by atoms with E-state index < -0.39 is 0 Å². The van der Waals surface area contributed by atoms with Crippen LogP contribution in [0.1, 0.15) is 25.3 Å². The monoisotopic (exact) mass is 363 g/mol. The summed E-state index contributed by atoms with van der Waals surface area (Å²) in [7, 11) is 0. The van der Waals surface area contributed by atoms with E-state index in [4.69, 9.17) is 11.6 Å². The Balaban J connectivity index is 1.74. The molecule has 126 valence electrons. The third-order valence-electron chi connectivity index (χ3n) is 4.06. The van der Waals surface area contributed by atoms with Gasteiger partial charge in [-0.2, -0.15) is 0 Å². The quantitative estimate of drug-likeness (QED) is 0.661. The van der Waals surface area contributed by atoms with Crippen LogP contribution < -0.4 is 0 Å². The molecule has 5 heteroatoms. The number of rotatable bonds is 6. The number of carbonyl (C=O) groups excluding carboxylic acids is 1. The lowest BCUT2D eigenvalue weighted by Gasteiger charge is -2.26. The Bertz CT molecular complexity index is 700. The molecule has 1 fully saturated rings. The fourth-order valence-corrected chi connectivity index (χ4v) is 3.80. The smallest absolute Gasteiger partial charge is 0.236 e. The molecular formula is C19H19ClFNOS. The van der Waals surface area contributed by atoms with Gasteiger partial charge in [0.15, 0.2) is 0 Å². The standard InChI is InChI=1S/C19H19ClFNOS/c1-13(24-15-6-3-2-4-7-15)19(23)22(14-10-11-14)12-16-17(20)8-5-9-18(16)21/h2-9,13-14H,10-12H2,1H3. The molecule has 0 N–H and O–H groups in total. The summed E-state index contributed by atoms with van der Waals surface area (Å²) in [5.41, 5.74) is 0.399. The highest BCUT2D eigenvalue weighted by molar-refractivity contribution is 8.00. The number of carbonyl (C=O) groups is 1. The van der Waals surface area contributed by atoms with E-state index in [-0.39, 0.29) is 29.6 Å². The predicted molar refractivity (Wildman–Crippen MR) is 96.7 cm³/mol. The molecule has 1 aliphatic carbocycles. The average Bonchev–Trinajstić information content (AvgIpc) is 3.40. The van der Waals surface area contributed by atoms with E-state index in [9.17, 15) is 9.18 Å². The second-order valence-corrected chi connectivity index (χ2v) is 7.79. The van der Waals surface area contributed by atoms with E-state index in [0.29, 0.717) is 10.6 Å². The van der Waals surface area contributed by atoms with Crippen molar-refractivity contribution in [3.05, 3.63) is 64.9 Å². The molecule has 1 aliphatic rings. The first-order valence-electron chi connectivity index (χ1n) is 8.01. The second kappa shape index (κ2) is 7.58. The lowest BCUT2D eigenvalue weighted by Crippen LogP contribution is -2.38. The van der Waals surface area contributed by atoms with Crippen LogP contribution in [0, 0.1) is 5.82 Å². The zero-order chi connectivity index (χ0) is 17.1. The van der Waals surface area contributed by atoms with Gasteiger partial charge in [-0.1, -0.05) is 35.9 Å². The van der Waals surface area contributed by atoms with Crippen LogP contribution in [-0.4, -0.2) is 22.1 Å². The van der Waals surface area contributed by atoms with Gasteiger partial charge in [0.2, 0.25) is 5.91 Å². The van der Waals surface area contributed by atoms with Crippen molar-refractivity contribution >= 4 is 29.3 Å². The molecule has 2 aromatic rings. The maximum atomic E-state index is 14.1. The highest BCUT2D eigenvalue weighted by Gasteiger charge is 2.35. The topological polar surface area (TPSA) is 20.3 Å². The second-order valence-electron chi connectivity index (χ2n) is 5.97. The largest absolute Gasteiger partial charge is 0.334 e. The van der Waals surface area contributed by atoms with Crippen LogP contribution in [0.15, 0.2) is 53.4 Å². The van der Waals surface area contributed by atoms with Crippen molar-refractivity contribution in [3.8, 4) is 0 Å². The fourth-order valence-electron chi connectivity index (χ4n) is 2.61. The summed E-state index contributed by atoms with van der Waals surface area (Å²) in [4.78, 5) is 15.7. The van der Waals surface area contributed by atoms with Crippen molar-refractivity contribution in [2.75, 3.05) is 0 Å². The third-order valence-corrected chi connectivity index (χ3v) is 5.52. The molecule has 0 heterocycles. The van der Waals surface area contributed by atoms with Crippen molar-refractivity contribution in [2.45, 2.75) is 42.5 Å². The van der Waals surface area contributed by atoms with Gasteiger partial charge in [-0.15, -0.1) is 11.8 Å². The van der Waals surface area contributed by atoms with Gasteiger partial charge in [0.25, 0.3) is 0 Å². The molecule has 0 aliphatic heterocycles. The summed E-state index contributed by atoms with van der Waals surface area (Å²) in [6.07, 6.45) is 1.95. The highest BCUT2D eigenvalue weighted by atomic mass is 35.5. The van der Waals surface area contributed by atoms with Gasteiger partial charge in [-0.25, -0.2) is 4.39 Å². The molecule has 1 unspecified atom stereocenters. The van der Waals surface area contributed by atoms with Gasteiger partial charge in [-0.3, -0.25) is 4.79 Å². The van der Waals surface area contributed by atoms with E-state index >= 15 is 0 Å². The van der Waals surface area contributed by atoms with Gasteiger partial charge in [0.05, 0.1) is 11.8 Å². The van der Waals surface area contributed by atoms with E-state index in [0.717, 1.165) is 17.7 Å². The lowest BCUT2D eigenvalue weighted by atomic mass is 10.2. The molecule has 0 spiro atoms. The van der Waals surface area contributed by atoms with E-state index in [1.54, 1.807) is 17.0 Å². The summed E-state index contributed by atoms with van der Waals surface area (Å²) in [5.74, 6) is -0.324. The molecule has 1 atom stereocenters. The molecule has 0 radical (unpaired) electrons. The third kappa shape index (κ3) is 4.11. The van der Waals surface area contributed by atoms with Gasteiger partial charge in [-0.05, 0) is 44.0 Å². The summed E-state index contributed by atoms with van der Waals surface area (Å²) in [6, 6.07) is 14.7. The summed E-state index contributed by atoms with van der Waals surface area (Å²) in [6.45, 7) is 2.13. The van der Waals surface area contributed by atoms with Crippen molar-refractivity contribution in [2.24, 2.45) is 0 Å². The molecule has 0 saturated heterocycles. The van der Waals surface area contributed by atoms with Crippen LogP contribution in [-0.2, 0) is 11.3 Å². The minimum absolute atomic E-state index is 0.0330. The molecule has 0 aromatic heterocycles. The Morgan fingerprint density at radius 1 is 1.25 bits per heavy atom. The van der Waals surface area contributed by atoms with Crippen LogP contribution in [0.4, 0.5) is 4.39 Å². The molecule has 1 amide bonds. The number of amides is 1. The van der Waals surface area contributed by atoms with Crippen molar-refractivity contribution < 1.29 is 9.18 Å². The SMILES string of the molecule is CC(Sc1ccccc1)C(=O)N(Cc1c(F)cccc1Cl)C1CC1. The van der Waals surface area contributed by atoms with Gasteiger partial charge >= 0.3 is 0 Å². The number of benzene rings is 2. The number of nitrogens with zero attached hydrogens (tertiary/aromatic N) is 1. The first-order chi connectivity index (χ1) is 11.6. The van der Waals surface area contributed by atoms with Crippen molar-refractivity contribution in [1.29, 1.82) is 0 Å². The fraction of sp³-hybridized carbons (Fsp3) is 0.316. The number of hydrogen-bond donors (Lipinski definition) is 0. The Hall–Kier alpha value is -1.52. The van der Waals surface area contributed by atoms with Crippen LogP contribution in [0.3, 0.4) is 0 Å². The molecular weight excluding hydrogens is 345 g/mol. The van der Waals surface area contributed by atoms with Crippen LogP contribution in [0.25, 0.3) is 0 Å².